The van der Waals surface area contributed by atoms with Gasteiger partial charge in [0.15, 0.2) is 6.61 Å². The number of methoxy groups -OCH3 is 2. The third kappa shape index (κ3) is 4.45. The fraction of sp³-hybridized carbons (Fsp3) is 0.348. The predicted octanol–water partition coefficient (Wildman–Crippen LogP) is 3.05. The number of anilines is 1. The first-order chi connectivity index (χ1) is 14.5. The van der Waals surface area contributed by atoms with Crippen molar-refractivity contribution in [3.05, 3.63) is 53.6 Å². The third-order valence-corrected chi connectivity index (χ3v) is 5.18. The smallest absolute Gasteiger partial charge is 0.311 e. The Hall–Kier alpha value is -3.35. The second-order valence-corrected chi connectivity index (χ2v) is 6.98. The molecule has 1 amide bonds. The molecule has 1 atom stereocenters. The van der Waals surface area contributed by atoms with Gasteiger partial charge in [0.1, 0.15) is 11.5 Å². The molecule has 7 heteroatoms. The minimum atomic E-state index is -0.604. The highest BCUT2D eigenvalue weighted by molar-refractivity contribution is 6.02. The van der Waals surface area contributed by atoms with Gasteiger partial charge in [0.2, 0.25) is 11.7 Å². The molecule has 2 aromatic rings. The van der Waals surface area contributed by atoms with Crippen LogP contribution in [-0.4, -0.2) is 45.0 Å². The molecule has 1 fully saturated rings. The third-order valence-electron chi connectivity index (χ3n) is 5.18. The van der Waals surface area contributed by atoms with Gasteiger partial charge in [-0.3, -0.25) is 14.4 Å². The predicted molar refractivity (Wildman–Crippen MR) is 111 cm³/mol. The van der Waals surface area contributed by atoms with E-state index in [1.807, 2.05) is 31.2 Å². The highest BCUT2D eigenvalue weighted by Gasteiger charge is 2.37. The first-order valence-electron chi connectivity index (χ1n) is 9.78. The second kappa shape index (κ2) is 9.43. The molecule has 1 aliphatic rings. The fourth-order valence-electron chi connectivity index (χ4n) is 3.53. The first-order valence-corrected chi connectivity index (χ1v) is 9.78. The van der Waals surface area contributed by atoms with Gasteiger partial charge in [0.25, 0.3) is 0 Å². The molecule has 2 aromatic carbocycles. The number of Topliss-reactive ketones (excluding diaryl/α,β-unsaturated/α-hetero) is 1. The maximum Gasteiger partial charge on any atom is 0.311 e. The van der Waals surface area contributed by atoms with E-state index in [0.717, 1.165) is 17.7 Å². The van der Waals surface area contributed by atoms with E-state index in [1.54, 1.807) is 23.1 Å². The van der Waals surface area contributed by atoms with Crippen molar-refractivity contribution >= 4 is 23.3 Å². The van der Waals surface area contributed by atoms with E-state index in [4.69, 9.17) is 14.2 Å². The van der Waals surface area contributed by atoms with Crippen molar-refractivity contribution in [3.63, 3.8) is 0 Å². The molecule has 0 unspecified atom stereocenters. The summed E-state index contributed by atoms with van der Waals surface area (Å²) < 4.78 is 15.6. The molecule has 0 saturated carbocycles. The Balaban J connectivity index is 1.63. The van der Waals surface area contributed by atoms with Gasteiger partial charge in [-0.15, -0.1) is 0 Å². The molecule has 0 aliphatic carbocycles. The van der Waals surface area contributed by atoms with E-state index in [2.05, 4.69) is 0 Å². The minimum Gasteiger partial charge on any atom is -0.497 e. The van der Waals surface area contributed by atoms with Crippen molar-refractivity contribution in [2.75, 3.05) is 32.3 Å². The lowest BCUT2D eigenvalue weighted by Gasteiger charge is -2.19. The van der Waals surface area contributed by atoms with Crippen LogP contribution in [-0.2, 0) is 20.7 Å². The van der Waals surface area contributed by atoms with E-state index in [9.17, 15) is 14.4 Å². The van der Waals surface area contributed by atoms with E-state index in [-0.39, 0.29) is 24.7 Å². The van der Waals surface area contributed by atoms with E-state index in [0.29, 0.717) is 17.1 Å². The van der Waals surface area contributed by atoms with Gasteiger partial charge < -0.3 is 19.1 Å². The number of ketones is 1. The van der Waals surface area contributed by atoms with Crippen LogP contribution in [0.2, 0.25) is 0 Å². The molecule has 0 bridgehead atoms. The summed E-state index contributed by atoms with van der Waals surface area (Å²) in [6, 6.07) is 12.4. The monoisotopic (exact) mass is 411 g/mol. The van der Waals surface area contributed by atoms with Crippen LogP contribution in [0, 0.1) is 5.92 Å². The van der Waals surface area contributed by atoms with Crippen molar-refractivity contribution in [2.45, 2.75) is 19.8 Å². The van der Waals surface area contributed by atoms with Crippen LogP contribution in [0.5, 0.6) is 11.5 Å². The maximum atomic E-state index is 12.5. The molecule has 0 radical (unpaired) electrons. The molecule has 1 heterocycles. The summed E-state index contributed by atoms with van der Waals surface area (Å²) >= 11 is 0. The number of amides is 1. The standard InChI is InChI=1S/C23H25NO6/c1-4-15-7-5-6-8-19(15)24-13-16(11-22(24)26)23(27)30-14-20(25)18-10-9-17(28-2)12-21(18)29-3/h5-10,12,16H,4,11,13-14H2,1-3H3/t16-/m0/s1. The molecular weight excluding hydrogens is 386 g/mol. The number of hydrogen-bond acceptors (Lipinski definition) is 6. The number of nitrogens with zero attached hydrogens (tertiary/aromatic N) is 1. The molecular formula is C23H25NO6. The molecule has 3 rings (SSSR count). The zero-order valence-corrected chi connectivity index (χ0v) is 17.3. The number of esters is 1. The highest BCUT2D eigenvalue weighted by Crippen LogP contribution is 2.29. The molecule has 1 aliphatic heterocycles. The Morgan fingerprint density at radius 3 is 2.57 bits per heavy atom. The lowest BCUT2D eigenvalue weighted by atomic mass is 10.1. The number of aryl methyl sites for hydroxylation is 1. The summed E-state index contributed by atoms with van der Waals surface area (Å²) in [5.41, 5.74) is 2.16. The summed E-state index contributed by atoms with van der Waals surface area (Å²) in [4.78, 5) is 39.1. The molecule has 0 N–H and O–H groups in total. The molecule has 30 heavy (non-hydrogen) atoms. The topological polar surface area (TPSA) is 82.1 Å². The number of hydrogen-bond donors (Lipinski definition) is 0. The summed E-state index contributed by atoms with van der Waals surface area (Å²) in [5.74, 6) is -0.777. The van der Waals surface area contributed by atoms with Crippen molar-refractivity contribution in [3.8, 4) is 11.5 Å². The molecule has 0 spiro atoms. The second-order valence-electron chi connectivity index (χ2n) is 6.98. The Morgan fingerprint density at radius 1 is 1.10 bits per heavy atom. The van der Waals surface area contributed by atoms with Gasteiger partial charge in [-0.05, 0) is 30.2 Å². The summed E-state index contributed by atoms with van der Waals surface area (Å²) in [6.07, 6.45) is 0.851. The number of ether oxygens (including phenoxy) is 3. The number of rotatable bonds is 8. The van der Waals surface area contributed by atoms with Gasteiger partial charge in [-0.1, -0.05) is 25.1 Å². The van der Waals surface area contributed by atoms with Crippen molar-refractivity contribution < 1.29 is 28.6 Å². The molecule has 158 valence electrons. The Labute approximate surface area is 175 Å². The van der Waals surface area contributed by atoms with Crippen LogP contribution in [0.25, 0.3) is 0 Å². The SMILES string of the molecule is CCc1ccccc1N1C[C@@H](C(=O)OCC(=O)c2ccc(OC)cc2OC)CC1=O. The van der Waals surface area contributed by atoms with Crippen LogP contribution in [0.15, 0.2) is 42.5 Å². The summed E-state index contributed by atoms with van der Waals surface area (Å²) in [7, 11) is 2.97. The molecule has 7 nitrogen and oxygen atoms in total. The fourth-order valence-corrected chi connectivity index (χ4v) is 3.53. The number of benzene rings is 2. The van der Waals surface area contributed by atoms with Gasteiger partial charge in [0.05, 0.1) is 25.7 Å². The highest BCUT2D eigenvalue weighted by atomic mass is 16.5. The normalized spacial score (nSPS) is 15.8. The van der Waals surface area contributed by atoms with Crippen molar-refractivity contribution in [1.82, 2.24) is 0 Å². The summed E-state index contributed by atoms with van der Waals surface area (Å²) in [6.45, 7) is 1.84. The number of para-hydroxylation sites is 1. The average molecular weight is 411 g/mol. The van der Waals surface area contributed by atoms with Crippen molar-refractivity contribution in [2.24, 2.45) is 5.92 Å². The lowest BCUT2D eigenvalue weighted by molar-refractivity contribution is -0.147. The van der Waals surface area contributed by atoms with Crippen LogP contribution in [0.3, 0.4) is 0 Å². The Kier molecular flexibility index (Phi) is 6.72. The van der Waals surface area contributed by atoms with Gasteiger partial charge >= 0.3 is 5.97 Å². The number of carbonyl (C=O) groups is 3. The van der Waals surface area contributed by atoms with Crippen molar-refractivity contribution in [1.29, 1.82) is 0 Å². The molecule has 1 saturated heterocycles. The zero-order valence-electron chi connectivity index (χ0n) is 17.3. The van der Waals surface area contributed by atoms with Crippen LogP contribution in [0.4, 0.5) is 5.69 Å². The zero-order chi connectivity index (χ0) is 21.7. The van der Waals surface area contributed by atoms with Gasteiger partial charge in [-0.25, -0.2) is 0 Å². The Bertz CT molecular complexity index is 954. The minimum absolute atomic E-state index is 0.0664. The average Bonchev–Trinajstić information content (AvgIpc) is 3.18. The lowest BCUT2D eigenvalue weighted by Crippen LogP contribution is -2.28. The van der Waals surface area contributed by atoms with E-state index in [1.165, 1.54) is 14.2 Å². The maximum absolute atomic E-state index is 12.5. The van der Waals surface area contributed by atoms with E-state index < -0.39 is 18.5 Å². The number of carbonyl (C=O) groups excluding carboxylic acids is 3. The summed E-state index contributed by atoms with van der Waals surface area (Å²) in [5, 5.41) is 0. The van der Waals surface area contributed by atoms with Gasteiger partial charge in [0, 0.05) is 24.7 Å². The van der Waals surface area contributed by atoms with Crippen LogP contribution >= 0.6 is 0 Å². The van der Waals surface area contributed by atoms with E-state index >= 15 is 0 Å². The molecule has 0 aromatic heterocycles. The Morgan fingerprint density at radius 2 is 1.87 bits per heavy atom. The van der Waals surface area contributed by atoms with Crippen LogP contribution < -0.4 is 14.4 Å². The van der Waals surface area contributed by atoms with Crippen LogP contribution in [0.1, 0.15) is 29.3 Å². The quantitative estimate of drug-likeness (QED) is 0.491. The largest absolute Gasteiger partial charge is 0.497 e. The van der Waals surface area contributed by atoms with Gasteiger partial charge in [-0.2, -0.15) is 0 Å². The first kappa shape index (κ1) is 21.4.